The third-order valence-electron chi connectivity index (χ3n) is 5.44. The Hall–Kier alpha value is -3.42. The highest BCUT2D eigenvalue weighted by Crippen LogP contribution is 2.22. The number of carbonyl (C=O) groups excluding carboxylic acids is 1. The number of carbonyl (C=O) groups is 1. The van der Waals surface area contributed by atoms with E-state index in [1.807, 2.05) is 30.3 Å². The zero-order valence-electron chi connectivity index (χ0n) is 17.3. The maximum Gasteiger partial charge on any atom is 0.271 e. The number of imidazole rings is 1. The standard InChI is InChI=1S/C22H26N6O2/c1-16-7-9-27(10-8-16)20-11-21(25-14-24-20)28-13-19(26-15-28)22(29)23-12-17-3-5-18(30-2)6-4-17/h3-6,11,13-16H,7-10,12H2,1-2H3,(H,23,29). The largest absolute Gasteiger partial charge is 0.497 e. The molecule has 3 aromatic rings. The Morgan fingerprint density at radius 3 is 2.60 bits per heavy atom. The third kappa shape index (κ3) is 4.59. The molecular formula is C22H26N6O2. The van der Waals surface area contributed by atoms with Crippen LogP contribution in [-0.2, 0) is 6.54 Å². The minimum atomic E-state index is -0.233. The number of hydrogen-bond donors (Lipinski definition) is 1. The lowest BCUT2D eigenvalue weighted by atomic mass is 9.99. The second-order valence-corrected chi connectivity index (χ2v) is 7.60. The summed E-state index contributed by atoms with van der Waals surface area (Å²) >= 11 is 0. The first-order valence-electron chi connectivity index (χ1n) is 10.1. The highest BCUT2D eigenvalue weighted by atomic mass is 16.5. The number of nitrogens with one attached hydrogen (secondary N) is 1. The van der Waals surface area contributed by atoms with E-state index in [0.29, 0.717) is 18.1 Å². The fraction of sp³-hybridized carbons (Fsp3) is 0.364. The van der Waals surface area contributed by atoms with Crippen molar-refractivity contribution in [2.24, 2.45) is 5.92 Å². The van der Waals surface area contributed by atoms with Crippen LogP contribution in [0.5, 0.6) is 5.75 Å². The van der Waals surface area contributed by atoms with Gasteiger partial charge in [0.2, 0.25) is 0 Å². The van der Waals surface area contributed by atoms with Crippen molar-refractivity contribution >= 4 is 11.7 Å². The average Bonchev–Trinajstić information content (AvgIpc) is 3.29. The van der Waals surface area contributed by atoms with Crippen molar-refractivity contribution in [2.45, 2.75) is 26.3 Å². The summed E-state index contributed by atoms with van der Waals surface area (Å²) in [5.74, 6) is 2.91. The first-order chi connectivity index (χ1) is 14.6. The first-order valence-corrected chi connectivity index (χ1v) is 10.1. The molecule has 0 radical (unpaired) electrons. The normalized spacial score (nSPS) is 14.5. The molecule has 8 nitrogen and oxygen atoms in total. The van der Waals surface area contributed by atoms with Gasteiger partial charge in [-0.1, -0.05) is 19.1 Å². The van der Waals surface area contributed by atoms with Crippen LogP contribution in [0.15, 0.2) is 49.2 Å². The number of methoxy groups -OCH3 is 1. The van der Waals surface area contributed by atoms with E-state index in [2.05, 4.69) is 32.1 Å². The molecule has 0 atom stereocenters. The predicted octanol–water partition coefficient (Wildman–Crippen LogP) is 2.84. The van der Waals surface area contributed by atoms with Gasteiger partial charge in [0.1, 0.15) is 35.7 Å². The highest BCUT2D eigenvalue weighted by Gasteiger charge is 2.18. The summed E-state index contributed by atoms with van der Waals surface area (Å²) in [7, 11) is 1.63. The molecule has 0 spiro atoms. The van der Waals surface area contributed by atoms with Crippen molar-refractivity contribution in [1.82, 2.24) is 24.8 Å². The Kier molecular flexibility index (Phi) is 5.92. The van der Waals surface area contributed by atoms with Crippen molar-refractivity contribution in [1.29, 1.82) is 0 Å². The van der Waals surface area contributed by atoms with E-state index in [4.69, 9.17) is 4.74 Å². The lowest BCUT2D eigenvalue weighted by molar-refractivity contribution is 0.0946. The summed E-state index contributed by atoms with van der Waals surface area (Å²) in [6.45, 7) is 4.71. The number of nitrogens with zero attached hydrogens (tertiary/aromatic N) is 5. The maximum absolute atomic E-state index is 12.5. The molecule has 0 aliphatic carbocycles. The second kappa shape index (κ2) is 8.94. The van der Waals surface area contributed by atoms with Gasteiger partial charge in [0.15, 0.2) is 0 Å². The van der Waals surface area contributed by atoms with E-state index >= 15 is 0 Å². The summed E-state index contributed by atoms with van der Waals surface area (Å²) in [5, 5.41) is 2.89. The molecule has 1 fully saturated rings. The van der Waals surface area contributed by atoms with Gasteiger partial charge in [-0.15, -0.1) is 0 Å². The second-order valence-electron chi connectivity index (χ2n) is 7.60. The lowest BCUT2D eigenvalue weighted by Crippen LogP contribution is -2.33. The average molecular weight is 406 g/mol. The van der Waals surface area contributed by atoms with Crippen LogP contribution in [-0.4, -0.2) is 45.6 Å². The molecule has 1 amide bonds. The van der Waals surface area contributed by atoms with Gasteiger partial charge in [-0.2, -0.15) is 0 Å². The molecule has 1 saturated heterocycles. The van der Waals surface area contributed by atoms with Crippen molar-refractivity contribution in [2.75, 3.05) is 25.1 Å². The fourth-order valence-electron chi connectivity index (χ4n) is 3.47. The van der Waals surface area contributed by atoms with Gasteiger partial charge in [-0.25, -0.2) is 15.0 Å². The number of hydrogen-bond acceptors (Lipinski definition) is 6. The van der Waals surface area contributed by atoms with Crippen molar-refractivity contribution in [3.63, 3.8) is 0 Å². The van der Waals surface area contributed by atoms with Crippen molar-refractivity contribution < 1.29 is 9.53 Å². The Balaban J connectivity index is 1.40. The SMILES string of the molecule is COc1ccc(CNC(=O)c2cn(-c3cc(N4CCC(C)CC4)ncn3)cn2)cc1. The number of amides is 1. The van der Waals surface area contributed by atoms with Crippen LogP contribution in [0, 0.1) is 5.92 Å². The van der Waals surface area contributed by atoms with Gasteiger partial charge in [-0.05, 0) is 36.5 Å². The van der Waals surface area contributed by atoms with Gasteiger partial charge >= 0.3 is 0 Å². The Labute approximate surface area is 175 Å². The van der Waals surface area contributed by atoms with E-state index in [1.165, 1.54) is 12.8 Å². The van der Waals surface area contributed by atoms with E-state index in [0.717, 1.165) is 36.1 Å². The van der Waals surface area contributed by atoms with Crippen LogP contribution >= 0.6 is 0 Å². The lowest BCUT2D eigenvalue weighted by Gasteiger charge is -2.31. The molecule has 2 aromatic heterocycles. The van der Waals surface area contributed by atoms with Gasteiger partial charge in [0, 0.05) is 31.9 Å². The summed E-state index contributed by atoms with van der Waals surface area (Å²) in [6.07, 6.45) is 7.19. The topological polar surface area (TPSA) is 85.2 Å². The van der Waals surface area contributed by atoms with Crippen LogP contribution < -0.4 is 15.0 Å². The molecule has 1 aromatic carbocycles. The molecule has 8 heteroatoms. The van der Waals surface area contributed by atoms with Crippen LogP contribution in [0.2, 0.25) is 0 Å². The monoisotopic (exact) mass is 406 g/mol. The van der Waals surface area contributed by atoms with E-state index in [1.54, 1.807) is 30.5 Å². The Morgan fingerprint density at radius 2 is 1.87 bits per heavy atom. The van der Waals surface area contributed by atoms with Gasteiger partial charge in [0.05, 0.1) is 7.11 Å². The zero-order chi connectivity index (χ0) is 20.9. The maximum atomic E-state index is 12.5. The molecule has 4 rings (SSSR count). The quantitative estimate of drug-likeness (QED) is 0.678. The number of anilines is 1. The summed E-state index contributed by atoms with van der Waals surface area (Å²) in [4.78, 5) is 27.8. The summed E-state index contributed by atoms with van der Waals surface area (Å²) in [5.41, 5.74) is 1.33. The minimum Gasteiger partial charge on any atom is -0.497 e. The van der Waals surface area contributed by atoms with E-state index in [9.17, 15) is 4.79 Å². The Morgan fingerprint density at radius 1 is 1.13 bits per heavy atom. The van der Waals surface area contributed by atoms with E-state index in [-0.39, 0.29) is 5.91 Å². The predicted molar refractivity (Wildman–Crippen MR) is 114 cm³/mol. The van der Waals surface area contributed by atoms with Crippen LogP contribution in [0.1, 0.15) is 35.8 Å². The van der Waals surface area contributed by atoms with Crippen LogP contribution in [0.3, 0.4) is 0 Å². The third-order valence-corrected chi connectivity index (χ3v) is 5.44. The fourth-order valence-corrected chi connectivity index (χ4v) is 3.47. The number of piperidine rings is 1. The molecule has 0 bridgehead atoms. The molecule has 1 N–H and O–H groups in total. The van der Waals surface area contributed by atoms with E-state index < -0.39 is 0 Å². The number of aromatic nitrogens is 4. The van der Waals surface area contributed by atoms with Crippen molar-refractivity contribution in [3.05, 3.63) is 60.4 Å². The van der Waals surface area contributed by atoms with Gasteiger partial charge in [0.25, 0.3) is 5.91 Å². The molecular weight excluding hydrogens is 380 g/mol. The molecule has 1 aliphatic rings. The first kappa shape index (κ1) is 19.9. The molecule has 0 unspecified atom stereocenters. The van der Waals surface area contributed by atoms with Gasteiger partial charge in [-0.3, -0.25) is 9.36 Å². The smallest absolute Gasteiger partial charge is 0.271 e. The minimum absolute atomic E-state index is 0.233. The van der Waals surface area contributed by atoms with Crippen LogP contribution in [0.25, 0.3) is 5.82 Å². The number of benzene rings is 1. The van der Waals surface area contributed by atoms with Crippen LogP contribution in [0.4, 0.5) is 5.82 Å². The summed E-state index contributed by atoms with van der Waals surface area (Å²) in [6, 6.07) is 9.51. The van der Waals surface area contributed by atoms with Gasteiger partial charge < -0.3 is 15.0 Å². The number of rotatable bonds is 6. The molecule has 3 heterocycles. The van der Waals surface area contributed by atoms with Crippen molar-refractivity contribution in [3.8, 4) is 11.6 Å². The molecule has 156 valence electrons. The Bertz CT molecular complexity index is 993. The molecule has 30 heavy (non-hydrogen) atoms. The zero-order valence-corrected chi connectivity index (χ0v) is 17.3. The number of ether oxygens (including phenoxy) is 1. The summed E-state index contributed by atoms with van der Waals surface area (Å²) < 4.78 is 6.90. The molecule has 0 saturated carbocycles. The highest BCUT2D eigenvalue weighted by molar-refractivity contribution is 5.92. The molecule has 1 aliphatic heterocycles.